The zero-order valence-electron chi connectivity index (χ0n) is 16.9. The van der Waals surface area contributed by atoms with Gasteiger partial charge in [0.05, 0.1) is 6.04 Å². The largest absolute Gasteiger partial charge is 0.353 e. The van der Waals surface area contributed by atoms with Crippen molar-refractivity contribution < 1.29 is 4.79 Å². The van der Waals surface area contributed by atoms with E-state index in [0.717, 1.165) is 70.5 Å². The summed E-state index contributed by atoms with van der Waals surface area (Å²) in [4.78, 5) is 24.2. The van der Waals surface area contributed by atoms with Crippen molar-refractivity contribution in [3.63, 3.8) is 0 Å². The SMILES string of the molecule is CCCC1CC1NC(=NCC)N1CCN(C(C)C(=O)N2CCCC2)CC1. The summed E-state index contributed by atoms with van der Waals surface area (Å²) in [6.07, 6.45) is 6.20. The summed E-state index contributed by atoms with van der Waals surface area (Å²) in [5.41, 5.74) is 0. The van der Waals surface area contributed by atoms with Crippen LogP contribution in [-0.4, -0.2) is 84.5 Å². The van der Waals surface area contributed by atoms with Gasteiger partial charge in [-0.2, -0.15) is 0 Å². The molecule has 148 valence electrons. The van der Waals surface area contributed by atoms with Gasteiger partial charge < -0.3 is 15.1 Å². The highest BCUT2D eigenvalue weighted by molar-refractivity contribution is 5.82. The summed E-state index contributed by atoms with van der Waals surface area (Å²) in [5.74, 6) is 2.23. The number of nitrogens with one attached hydrogen (secondary N) is 1. The standard InChI is InChI=1S/C20H37N5O/c1-4-8-17-15-18(17)22-20(21-5-2)25-13-11-23(12-14-25)16(3)19(26)24-9-6-7-10-24/h16-18H,4-15H2,1-3H3,(H,21,22). The minimum absolute atomic E-state index is 0.00661. The van der Waals surface area contributed by atoms with Gasteiger partial charge in [-0.25, -0.2) is 0 Å². The number of carbonyl (C=O) groups is 1. The lowest BCUT2D eigenvalue weighted by Gasteiger charge is -2.39. The molecule has 2 heterocycles. The van der Waals surface area contributed by atoms with Crippen LogP contribution in [0.3, 0.4) is 0 Å². The number of piperazine rings is 1. The first-order valence-corrected chi connectivity index (χ1v) is 10.7. The second kappa shape index (κ2) is 9.07. The van der Waals surface area contributed by atoms with Crippen molar-refractivity contribution >= 4 is 11.9 Å². The van der Waals surface area contributed by atoms with Crippen molar-refractivity contribution in [2.45, 2.75) is 65.0 Å². The zero-order valence-corrected chi connectivity index (χ0v) is 16.9. The number of likely N-dealkylation sites (tertiary alicyclic amines) is 1. The molecular formula is C20H37N5O. The van der Waals surface area contributed by atoms with Crippen molar-refractivity contribution in [2.75, 3.05) is 45.8 Å². The van der Waals surface area contributed by atoms with Crippen LogP contribution < -0.4 is 5.32 Å². The summed E-state index contributed by atoms with van der Waals surface area (Å²) in [5, 5.41) is 3.69. The van der Waals surface area contributed by atoms with E-state index >= 15 is 0 Å². The summed E-state index contributed by atoms with van der Waals surface area (Å²) in [7, 11) is 0. The van der Waals surface area contributed by atoms with Crippen LogP contribution in [0, 0.1) is 5.92 Å². The number of hydrogen-bond donors (Lipinski definition) is 1. The maximum absolute atomic E-state index is 12.6. The number of rotatable bonds is 6. The van der Waals surface area contributed by atoms with Crippen molar-refractivity contribution in [2.24, 2.45) is 10.9 Å². The fourth-order valence-electron chi connectivity index (χ4n) is 4.35. The van der Waals surface area contributed by atoms with E-state index in [0.29, 0.717) is 11.9 Å². The van der Waals surface area contributed by atoms with Gasteiger partial charge in [0.2, 0.25) is 5.91 Å². The molecule has 0 bridgehead atoms. The summed E-state index contributed by atoms with van der Waals surface area (Å²) in [6.45, 7) is 12.9. The third-order valence-electron chi connectivity index (χ3n) is 6.14. The Morgan fingerprint density at radius 2 is 1.77 bits per heavy atom. The molecule has 0 aromatic rings. The van der Waals surface area contributed by atoms with Crippen molar-refractivity contribution in [1.29, 1.82) is 0 Å². The Hall–Kier alpha value is -1.30. The van der Waals surface area contributed by atoms with E-state index in [-0.39, 0.29) is 6.04 Å². The lowest BCUT2D eigenvalue weighted by molar-refractivity contribution is -0.135. The molecule has 3 fully saturated rings. The Kier molecular flexibility index (Phi) is 6.79. The van der Waals surface area contributed by atoms with Crippen LogP contribution >= 0.6 is 0 Å². The van der Waals surface area contributed by atoms with Gasteiger partial charge in [-0.1, -0.05) is 13.3 Å². The number of carbonyl (C=O) groups excluding carboxylic acids is 1. The zero-order chi connectivity index (χ0) is 18.5. The van der Waals surface area contributed by atoms with E-state index in [2.05, 4.69) is 35.9 Å². The average molecular weight is 364 g/mol. The smallest absolute Gasteiger partial charge is 0.239 e. The van der Waals surface area contributed by atoms with Gasteiger partial charge in [0.25, 0.3) is 0 Å². The van der Waals surface area contributed by atoms with Crippen molar-refractivity contribution in [1.82, 2.24) is 20.0 Å². The van der Waals surface area contributed by atoms with E-state index in [9.17, 15) is 4.79 Å². The Morgan fingerprint density at radius 1 is 1.08 bits per heavy atom. The van der Waals surface area contributed by atoms with Crippen LogP contribution in [0.2, 0.25) is 0 Å². The molecule has 6 nitrogen and oxygen atoms in total. The molecule has 0 aromatic carbocycles. The number of guanidine groups is 1. The van der Waals surface area contributed by atoms with E-state index in [1.54, 1.807) is 0 Å². The molecule has 3 rings (SSSR count). The molecule has 1 saturated carbocycles. The Labute approximate surface area is 159 Å². The highest BCUT2D eigenvalue weighted by atomic mass is 16.2. The minimum Gasteiger partial charge on any atom is -0.353 e. The molecule has 3 unspecified atom stereocenters. The lowest BCUT2D eigenvalue weighted by atomic mass is 10.2. The molecule has 6 heteroatoms. The second-order valence-corrected chi connectivity index (χ2v) is 8.06. The molecule has 2 saturated heterocycles. The van der Waals surface area contributed by atoms with Crippen LogP contribution in [0.5, 0.6) is 0 Å². The second-order valence-electron chi connectivity index (χ2n) is 8.06. The first kappa shape index (κ1) is 19.5. The third-order valence-corrected chi connectivity index (χ3v) is 6.14. The fraction of sp³-hybridized carbons (Fsp3) is 0.900. The Bertz CT molecular complexity index is 494. The topological polar surface area (TPSA) is 51.2 Å². The van der Waals surface area contributed by atoms with Gasteiger partial charge in [-0.15, -0.1) is 0 Å². The van der Waals surface area contributed by atoms with Crippen LogP contribution in [0.25, 0.3) is 0 Å². The first-order chi connectivity index (χ1) is 12.6. The number of hydrogen-bond acceptors (Lipinski definition) is 3. The molecule has 1 N–H and O–H groups in total. The van der Waals surface area contributed by atoms with Crippen LogP contribution in [0.15, 0.2) is 4.99 Å². The Morgan fingerprint density at radius 3 is 2.38 bits per heavy atom. The molecule has 3 aliphatic rings. The van der Waals surface area contributed by atoms with Crippen LogP contribution in [-0.2, 0) is 4.79 Å². The average Bonchev–Trinajstić information content (AvgIpc) is 3.16. The van der Waals surface area contributed by atoms with Crippen molar-refractivity contribution in [3.8, 4) is 0 Å². The van der Waals surface area contributed by atoms with Gasteiger partial charge in [-0.3, -0.25) is 14.7 Å². The third kappa shape index (κ3) is 4.70. The maximum atomic E-state index is 12.6. The maximum Gasteiger partial charge on any atom is 0.239 e. The molecule has 0 radical (unpaired) electrons. The van der Waals surface area contributed by atoms with Gasteiger partial charge in [0.15, 0.2) is 5.96 Å². The van der Waals surface area contributed by atoms with Gasteiger partial charge in [0, 0.05) is 51.9 Å². The molecule has 1 aliphatic carbocycles. The number of aliphatic imine (C=N–C) groups is 1. The van der Waals surface area contributed by atoms with Crippen LogP contribution in [0.1, 0.15) is 52.9 Å². The normalized spacial score (nSPS) is 28.3. The fourth-order valence-corrected chi connectivity index (χ4v) is 4.35. The van der Waals surface area contributed by atoms with Crippen molar-refractivity contribution in [3.05, 3.63) is 0 Å². The first-order valence-electron chi connectivity index (χ1n) is 10.7. The summed E-state index contributed by atoms with van der Waals surface area (Å²) >= 11 is 0. The molecule has 3 atom stereocenters. The number of nitrogens with zero attached hydrogens (tertiary/aromatic N) is 4. The van der Waals surface area contributed by atoms with Crippen LogP contribution in [0.4, 0.5) is 0 Å². The highest BCUT2D eigenvalue weighted by Crippen LogP contribution is 2.34. The Balaban J connectivity index is 1.48. The van der Waals surface area contributed by atoms with E-state index in [1.165, 1.54) is 19.3 Å². The van der Waals surface area contributed by atoms with E-state index in [4.69, 9.17) is 4.99 Å². The molecule has 26 heavy (non-hydrogen) atoms. The van der Waals surface area contributed by atoms with Gasteiger partial charge in [0.1, 0.15) is 0 Å². The molecule has 2 aliphatic heterocycles. The summed E-state index contributed by atoms with van der Waals surface area (Å²) in [6, 6.07) is 0.626. The summed E-state index contributed by atoms with van der Waals surface area (Å²) < 4.78 is 0. The van der Waals surface area contributed by atoms with Gasteiger partial charge >= 0.3 is 0 Å². The minimum atomic E-state index is 0.00661. The number of amides is 1. The molecule has 0 aromatic heterocycles. The molecular weight excluding hydrogens is 326 g/mol. The monoisotopic (exact) mass is 363 g/mol. The predicted molar refractivity (Wildman–Crippen MR) is 106 cm³/mol. The van der Waals surface area contributed by atoms with E-state index < -0.39 is 0 Å². The quantitative estimate of drug-likeness (QED) is 0.577. The molecule has 0 spiro atoms. The predicted octanol–water partition coefficient (Wildman–Crippen LogP) is 1.77. The lowest BCUT2D eigenvalue weighted by Crippen LogP contribution is -2.57. The molecule has 1 amide bonds. The highest BCUT2D eigenvalue weighted by Gasteiger charge is 2.38. The van der Waals surface area contributed by atoms with E-state index in [1.807, 2.05) is 4.90 Å². The van der Waals surface area contributed by atoms with Gasteiger partial charge in [-0.05, 0) is 45.4 Å².